The third kappa shape index (κ3) is 3.51. The SMILES string of the molecule is Cc1cc(-n2ncc3cc(CC(=O)NC4CC(=O)N(C)C4)ncc32)ccn1. The van der Waals surface area contributed by atoms with E-state index in [-0.39, 0.29) is 24.3 Å². The largest absolute Gasteiger partial charge is 0.351 e. The number of amides is 2. The summed E-state index contributed by atoms with van der Waals surface area (Å²) in [6, 6.07) is 5.59. The van der Waals surface area contributed by atoms with Gasteiger partial charge < -0.3 is 10.2 Å². The summed E-state index contributed by atoms with van der Waals surface area (Å²) in [5.74, 6) is -0.0780. The lowest BCUT2D eigenvalue weighted by molar-refractivity contribution is -0.126. The predicted octanol–water partition coefficient (Wildman–Crippen LogP) is 1.01. The molecule has 0 bridgehead atoms. The smallest absolute Gasteiger partial charge is 0.226 e. The lowest BCUT2D eigenvalue weighted by atomic mass is 10.2. The normalized spacial score (nSPS) is 16.9. The van der Waals surface area contributed by atoms with Crippen LogP contribution in [0.2, 0.25) is 0 Å². The average Bonchev–Trinajstić information content (AvgIpc) is 3.17. The van der Waals surface area contributed by atoms with E-state index in [1.54, 1.807) is 35.2 Å². The molecule has 8 heteroatoms. The number of aryl methyl sites for hydroxylation is 1. The van der Waals surface area contributed by atoms with E-state index in [1.807, 2.05) is 25.1 Å². The highest BCUT2D eigenvalue weighted by Gasteiger charge is 2.27. The fraction of sp³-hybridized carbons (Fsp3) is 0.316. The molecular weight excluding hydrogens is 344 g/mol. The third-order valence-electron chi connectivity index (χ3n) is 4.68. The number of rotatable bonds is 4. The van der Waals surface area contributed by atoms with Crippen molar-refractivity contribution in [3.05, 3.63) is 48.2 Å². The second-order valence-corrected chi connectivity index (χ2v) is 6.87. The maximum atomic E-state index is 12.3. The topological polar surface area (TPSA) is 93.0 Å². The molecule has 0 spiro atoms. The van der Waals surface area contributed by atoms with Crippen molar-refractivity contribution in [2.75, 3.05) is 13.6 Å². The number of carbonyl (C=O) groups is 2. The zero-order chi connectivity index (χ0) is 19.0. The molecule has 0 radical (unpaired) electrons. The van der Waals surface area contributed by atoms with Crippen LogP contribution < -0.4 is 5.32 Å². The van der Waals surface area contributed by atoms with Crippen molar-refractivity contribution in [2.45, 2.75) is 25.8 Å². The number of nitrogens with zero attached hydrogens (tertiary/aromatic N) is 5. The van der Waals surface area contributed by atoms with Gasteiger partial charge in [0.1, 0.15) is 0 Å². The monoisotopic (exact) mass is 364 g/mol. The fourth-order valence-electron chi connectivity index (χ4n) is 3.34. The summed E-state index contributed by atoms with van der Waals surface area (Å²) in [5.41, 5.74) is 3.36. The van der Waals surface area contributed by atoms with Crippen molar-refractivity contribution >= 4 is 22.7 Å². The summed E-state index contributed by atoms with van der Waals surface area (Å²) in [7, 11) is 1.74. The number of fused-ring (bicyclic) bond motifs is 1. The van der Waals surface area contributed by atoms with Gasteiger partial charge in [-0.05, 0) is 25.1 Å². The second kappa shape index (κ2) is 6.79. The zero-order valence-electron chi connectivity index (χ0n) is 15.2. The molecule has 138 valence electrons. The average molecular weight is 364 g/mol. The molecule has 1 atom stereocenters. The number of likely N-dealkylation sites (tertiary alicyclic amines) is 1. The standard InChI is InChI=1S/C19H20N6O2/c1-12-5-16(3-4-20-12)25-17-10-21-14(6-13(17)9-22-25)7-18(26)23-15-8-19(27)24(2)11-15/h3-6,9-10,15H,7-8,11H2,1-2H3,(H,23,26). The minimum absolute atomic E-state index is 0.0543. The van der Waals surface area contributed by atoms with Crippen molar-refractivity contribution in [1.82, 2.24) is 30.0 Å². The van der Waals surface area contributed by atoms with E-state index in [1.165, 1.54) is 0 Å². The zero-order valence-corrected chi connectivity index (χ0v) is 15.2. The third-order valence-corrected chi connectivity index (χ3v) is 4.68. The molecule has 27 heavy (non-hydrogen) atoms. The Kier molecular flexibility index (Phi) is 4.31. The molecule has 2 amide bonds. The van der Waals surface area contributed by atoms with Crippen LogP contribution in [0.4, 0.5) is 0 Å². The molecule has 1 saturated heterocycles. The number of likely N-dealkylation sites (N-methyl/N-ethyl adjacent to an activating group) is 1. The molecule has 1 aliphatic heterocycles. The first-order valence-corrected chi connectivity index (χ1v) is 8.78. The Bertz CT molecular complexity index is 1030. The number of hydrogen-bond donors (Lipinski definition) is 1. The van der Waals surface area contributed by atoms with Crippen molar-refractivity contribution < 1.29 is 9.59 Å². The summed E-state index contributed by atoms with van der Waals surface area (Å²) >= 11 is 0. The van der Waals surface area contributed by atoms with Gasteiger partial charge in [0.2, 0.25) is 11.8 Å². The number of nitrogens with one attached hydrogen (secondary N) is 1. The number of hydrogen-bond acceptors (Lipinski definition) is 5. The van der Waals surface area contributed by atoms with Gasteiger partial charge >= 0.3 is 0 Å². The Hall–Kier alpha value is -3.29. The van der Waals surface area contributed by atoms with Crippen LogP contribution >= 0.6 is 0 Å². The van der Waals surface area contributed by atoms with E-state index in [2.05, 4.69) is 20.4 Å². The van der Waals surface area contributed by atoms with Gasteiger partial charge in [0.05, 0.1) is 41.8 Å². The minimum Gasteiger partial charge on any atom is -0.351 e. The van der Waals surface area contributed by atoms with Gasteiger partial charge in [-0.2, -0.15) is 5.10 Å². The van der Waals surface area contributed by atoms with Gasteiger partial charge in [-0.25, -0.2) is 4.68 Å². The van der Waals surface area contributed by atoms with E-state index in [0.29, 0.717) is 18.7 Å². The highest BCUT2D eigenvalue weighted by molar-refractivity contribution is 5.84. The van der Waals surface area contributed by atoms with Gasteiger partial charge in [0.15, 0.2) is 0 Å². The molecule has 1 N–H and O–H groups in total. The van der Waals surface area contributed by atoms with Crippen LogP contribution in [0.25, 0.3) is 16.6 Å². The number of aromatic nitrogens is 4. The highest BCUT2D eigenvalue weighted by Crippen LogP contribution is 2.19. The number of pyridine rings is 2. The van der Waals surface area contributed by atoms with Crippen LogP contribution in [0, 0.1) is 6.92 Å². The molecule has 1 unspecified atom stereocenters. The van der Waals surface area contributed by atoms with Gasteiger partial charge in [0, 0.05) is 37.3 Å². The van der Waals surface area contributed by atoms with E-state index >= 15 is 0 Å². The molecule has 8 nitrogen and oxygen atoms in total. The van der Waals surface area contributed by atoms with E-state index < -0.39 is 0 Å². The Labute approximate surface area is 156 Å². The van der Waals surface area contributed by atoms with Crippen LogP contribution in [0.1, 0.15) is 17.8 Å². The van der Waals surface area contributed by atoms with E-state index in [9.17, 15) is 9.59 Å². The van der Waals surface area contributed by atoms with Gasteiger partial charge in [-0.1, -0.05) is 0 Å². The maximum Gasteiger partial charge on any atom is 0.226 e. The quantitative estimate of drug-likeness (QED) is 0.746. The summed E-state index contributed by atoms with van der Waals surface area (Å²) in [6.07, 6.45) is 5.76. The van der Waals surface area contributed by atoms with Crippen molar-refractivity contribution in [3.8, 4) is 5.69 Å². The van der Waals surface area contributed by atoms with Crippen molar-refractivity contribution in [2.24, 2.45) is 0 Å². The molecule has 1 fully saturated rings. The number of carbonyl (C=O) groups excluding carboxylic acids is 2. The molecule has 0 aromatic carbocycles. The molecule has 1 aliphatic rings. The van der Waals surface area contributed by atoms with Gasteiger partial charge in [0.25, 0.3) is 0 Å². The molecule has 3 aromatic rings. The first-order valence-electron chi connectivity index (χ1n) is 8.78. The molecule has 4 heterocycles. The highest BCUT2D eigenvalue weighted by atomic mass is 16.2. The van der Waals surface area contributed by atoms with Gasteiger partial charge in [-0.15, -0.1) is 0 Å². The van der Waals surface area contributed by atoms with Crippen LogP contribution in [0.3, 0.4) is 0 Å². The maximum absolute atomic E-state index is 12.3. The molecule has 3 aromatic heterocycles. The molecule has 0 saturated carbocycles. The second-order valence-electron chi connectivity index (χ2n) is 6.87. The first-order chi connectivity index (χ1) is 13.0. The Morgan fingerprint density at radius 3 is 2.89 bits per heavy atom. The minimum atomic E-state index is -0.132. The van der Waals surface area contributed by atoms with Crippen LogP contribution in [-0.4, -0.2) is 56.1 Å². The van der Waals surface area contributed by atoms with Crippen LogP contribution in [-0.2, 0) is 16.0 Å². The summed E-state index contributed by atoms with van der Waals surface area (Å²) in [4.78, 5) is 34.1. The van der Waals surface area contributed by atoms with Crippen molar-refractivity contribution in [3.63, 3.8) is 0 Å². The summed E-state index contributed by atoms with van der Waals surface area (Å²) in [6.45, 7) is 2.48. The van der Waals surface area contributed by atoms with E-state index in [0.717, 1.165) is 22.3 Å². The summed E-state index contributed by atoms with van der Waals surface area (Å²) < 4.78 is 1.81. The van der Waals surface area contributed by atoms with Crippen molar-refractivity contribution in [1.29, 1.82) is 0 Å². The molecule has 4 rings (SSSR count). The first kappa shape index (κ1) is 17.1. The summed E-state index contributed by atoms with van der Waals surface area (Å²) in [5, 5.41) is 8.25. The Morgan fingerprint density at radius 1 is 1.30 bits per heavy atom. The van der Waals surface area contributed by atoms with E-state index in [4.69, 9.17) is 0 Å². The lowest BCUT2D eigenvalue weighted by Crippen LogP contribution is -2.37. The lowest BCUT2D eigenvalue weighted by Gasteiger charge is -2.12. The molecular formula is C19H20N6O2. The Morgan fingerprint density at radius 2 is 2.15 bits per heavy atom. The fourth-order valence-corrected chi connectivity index (χ4v) is 3.34. The predicted molar refractivity (Wildman–Crippen MR) is 99.3 cm³/mol. The van der Waals surface area contributed by atoms with Crippen LogP contribution in [0.15, 0.2) is 36.8 Å². The van der Waals surface area contributed by atoms with Crippen LogP contribution in [0.5, 0.6) is 0 Å². The molecule has 0 aliphatic carbocycles. The van der Waals surface area contributed by atoms with Gasteiger partial charge in [-0.3, -0.25) is 19.6 Å². The Balaban J connectivity index is 1.49.